The largest absolute Gasteiger partial charge is 0.376 e. The number of aromatic nitrogens is 2. The molecular weight excluding hydrogens is 605 g/mol. The Morgan fingerprint density at radius 1 is 0.979 bits per heavy atom. The van der Waals surface area contributed by atoms with Crippen LogP contribution >= 0.6 is 11.3 Å². The molecule has 0 saturated heterocycles. The predicted molar refractivity (Wildman–Crippen MR) is 209 cm³/mol. The molecule has 0 atom stereocenters. The third kappa shape index (κ3) is 8.23. The molecule has 0 bridgehead atoms. The molecule has 0 amide bonds. The molecule has 48 heavy (non-hydrogen) atoms. The van der Waals surface area contributed by atoms with Gasteiger partial charge in [0.15, 0.2) is 0 Å². The number of hydrogen-bond acceptors (Lipinski definition) is 4. The van der Waals surface area contributed by atoms with Crippen LogP contribution in [0.5, 0.6) is 0 Å². The number of pyridine rings is 1. The second-order valence-corrected chi connectivity index (χ2v) is 14.2. The predicted octanol–water partition coefficient (Wildman–Crippen LogP) is 10.9. The first-order valence-corrected chi connectivity index (χ1v) is 18.5. The van der Waals surface area contributed by atoms with E-state index in [-0.39, 0.29) is 0 Å². The summed E-state index contributed by atoms with van der Waals surface area (Å²) in [5.41, 5.74) is 11.4. The fourth-order valence-corrected chi connectivity index (χ4v) is 7.41. The van der Waals surface area contributed by atoms with E-state index in [1.165, 1.54) is 71.3 Å². The molecule has 0 aliphatic heterocycles. The van der Waals surface area contributed by atoms with Crippen molar-refractivity contribution in [2.75, 3.05) is 27.2 Å². The number of unbranched alkanes of at least 4 members (excludes halogenated alkanes) is 1. The van der Waals surface area contributed by atoms with Gasteiger partial charge in [-0.1, -0.05) is 81.9 Å². The first-order valence-electron chi connectivity index (χ1n) is 17.6. The molecule has 1 saturated carbocycles. The summed E-state index contributed by atoms with van der Waals surface area (Å²) < 4.78 is 2.43. The standard InChI is InChI=1S/C26H29NS.C17H23N3/c1-5-7-17-27(16-6-2)24-14-15-25-23(19-28-26(25)21(4)18-24)13-12-22-10-8-20(3)9-11-22;1-12-9-10-14-11-16(13(2)19(3)4)20(17(14)18-12)15-7-5-6-8-15/h8-11,14-15,18-19H,4-7,16-17H2,1-3H3;9-11,15H,2,5-8H2,1,3-4H3. The Balaban J connectivity index is 0.000000198. The third-order valence-corrected chi connectivity index (χ3v) is 10.3. The Hall–Kier alpha value is -4.27. The quantitative estimate of drug-likeness (QED) is 0.168. The number of aryl methyl sites for hydroxylation is 2. The van der Waals surface area contributed by atoms with Crippen molar-refractivity contribution in [1.82, 2.24) is 19.4 Å². The van der Waals surface area contributed by atoms with E-state index in [1.54, 1.807) is 11.3 Å². The van der Waals surface area contributed by atoms with Gasteiger partial charge >= 0.3 is 0 Å². The van der Waals surface area contributed by atoms with E-state index < -0.39 is 0 Å². The SMILES string of the molecule is C=C(c1cc2ccc(C)nc2n1C1CCCC1)N(C)C.C=C1C=C(N(CCC)CCCC)C=Cc2c(C#Cc3ccc(C)cc3)csc21. The van der Waals surface area contributed by atoms with Crippen LogP contribution in [0.2, 0.25) is 0 Å². The summed E-state index contributed by atoms with van der Waals surface area (Å²) >= 11 is 1.74. The normalized spacial score (nSPS) is 14.0. The molecule has 0 radical (unpaired) electrons. The van der Waals surface area contributed by atoms with Crippen molar-refractivity contribution in [1.29, 1.82) is 0 Å². The van der Waals surface area contributed by atoms with Crippen molar-refractivity contribution in [3.05, 3.63) is 117 Å². The second kappa shape index (κ2) is 16.2. The second-order valence-electron chi connectivity index (χ2n) is 13.3. The van der Waals surface area contributed by atoms with Crippen molar-refractivity contribution in [2.24, 2.45) is 0 Å². The molecule has 0 N–H and O–H groups in total. The number of nitrogens with zero attached hydrogens (tertiary/aromatic N) is 4. The maximum absolute atomic E-state index is 4.79. The van der Waals surface area contributed by atoms with Gasteiger partial charge in [0.2, 0.25) is 0 Å². The lowest BCUT2D eigenvalue weighted by Crippen LogP contribution is -2.24. The average molecular weight is 657 g/mol. The summed E-state index contributed by atoms with van der Waals surface area (Å²) in [6.45, 7) is 19.4. The van der Waals surface area contributed by atoms with Crippen LogP contribution in [0.3, 0.4) is 0 Å². The van der Waals surface area contributed by atoms with Gasteiger partial charge in [-0.2, -0.15) is 0 Å². The van der Waals surface area contributed by atoms with E-state index >= 15 is 0 Å². The van der Waals surface area contributed by atoms with Crippen molar-refractivity contribution in [3.63, 3.8) is 0 Å². The van der Waals surface area contributed by atoms with Gasteiger partial charge < -0.3 is 14.4 Å². The first kappa shape index (κ1) is 35.0. The smallest absolute Gasteiger partial charge is 0.140 e. The van der Waals surface area contributed by atoms with E-state index in [9.17, 15) is 0 Å². The van der Waals surface area contributed by atoms with Crippen molar-refractivity contribution >= 4 is 39.7 Å². The maximum Gasteiger partial charge on any atom is 0.140 e. The molecule has 2 aliphatic rings. The molecule has 4 aromatic rings. The topological polar surface area (TPSA) is 24.3 Å². The van der Waals surface area contributed by atoms with Gasteiger partial charge in [-0.25, -0.2) is 4.98 Å². The number of rotatable bonds is 9. The van der Waals surface area contributed by atoms with Gasteiger partial charge in [-0.3, -0.25) is 0 Å². The Morgan fingerprint density at radius 3 is 2.42 bits per heavy atom. The van der Waals surface area contributed by atoms with Gasteiger partial charge in [-0.05, 0) is 87.6 Å². The van der Waals surface area contributed by atoms with Crippen molar-refractivity contribution in [2.45, 2.75) is 78.7 Å². The molecule has 3 heterocycles. The Kier molecular flexibility index (Phi) is 11.8. The summed E-state index contributed by atoms with van der Waals surface area (Å²) in [6, 6.07) is 15.5. The highest BCUT2D eigenvalue weighted by Crippen LogP contribution is 2.37. The zero-order chi connectivity index (χ0) is 34.2. The van der Waals surface area contributed by atoms with Crippen LogP contribution in [0.15, 0.2) is 78.9 Å². The molecule has 4 nitrogen and oxygen atoms in total. The number of thiophene rings is 1. The van der Waals surface area contributed by atoms with Crippen LogP contribution in [0.1, 0.15) is 103 Å². The van der Waals surface area contributed by atoms with Crippen LogP contribution in [0, 0.1) is 25.7 Å². The molecule has 6 rings (SSSR count). The molecule has 5 heteroatoms. The zero-order valence-electron chi connectivity index (χ0n) is 29.9. The molecular formula is C43H52N4S. The summed E-state index contributed by atoms with van der Waals surface area (Å²) in [5.74, 6) is 6.68. The van der Waals surface area contributed by atoms with Crippen molar-refractivity contribution < 1.29 is 0 Å². The minimum Gasteiger partial charge on any atom is -0.376 e. The Morgan fingerprint density at radius 2 is 1.73 bits per heavy atom. The van der Waals surface area contributed by atoms with E-state index in [2.05, 4.69) is 147 Å². The van der Waals surface area contributed by atoms with Gasteiger partial charge in [0.1, 0.15) is 5.65 Å². The Bertz CT molecular complexity index is 1860. The monoisotopic (exact) mass is 656 g/mol. The third-order valence-electron chi connectivity index (χ3n) is 9.25. The minimum absolute atomic E-state index is 0.577. The number of benzene rings is 1. The minimum atomic E-state index is 0.577. The Labute approximate surface area is 293 Å². The van der Waals surface area contributed by atoms with Gasteiger partial charge in [0, 0.05) is 77.0 Å². The molecule has 1 aromatic carbocycles. The van der Waals surface area contributed by atoms with Crippen LogP contribution < -0.4 is 0 Å². The highest BCUT2D eigenvalue weighted by Gasteiger charge is 2.24. The number of hydrogen-bond donors (Lipinski definition) is 0. The van der Waals surface area contributed by atoms with Crippen molar-refractivity contribution in [3.8, 4) is 11.8 Å². The molecule has 250 valence electrons. The van der Waals surface area contributed by atoms with Gasteiger partial charge in [0.25, 0.3) is 0 Å². The first-order chi connectivity index (χ1) is 23.2. The van der Waals surface area contributed by atoms with Crippen LogP contribution in [-0.4, -0.2) is 46.5 Å². The maximum atomic E-state index is 4.79. The number of fused-ring (bicyclic) bond motifs is 2. The fourth-order valence-electron chi connectivity index (χ4n) is 6.47. The lowest BCUT2D eigenvalue weighted by atomic mass is 10.1. The molecule has 2 aliphatic carbocycles. The summed E-state index contributed by atoms with van der Waals surface area (Å²) in [7, 11) is 4.11. The zero-order valence-corrected chi connectivity index (χ0v) is 30.7. The fraction of sp³-hybridized carbons (Fsp3) is 0.372. The number of allylic oxidation sites excluding steroid dienone is 3. The molecule has 1 fully saturated rings. The lowest BCUT2D eigenvalue weighted by Gasteiger charge is -2.25. The van der Waals surface area contributed by atoms with Crippen LogP contribution in [0.25, 0.3) is 28.4 Å². The summed E-state index contributed by atoms with van der Waals surface area (Å²) in [6.07, 6.45) is 15.4. The highest BCUT2D eigenvalue weighted by atomic mass is 32.1. The average Bonchev–Trinajstić information content (AvgIpc) is 3.81. The van der Waals surface area contributed by atoms with E-state index in [0.717, 1.165) is 53.2 Å². The highest BCUT2D eigenvalue weighted by molar-refractivity contribution is 7.11. The van der Waals surface area contributed by atoms with Crippen LogP contribution in [0.4, 0.5) is 0 Å². The lowest BCUT2D eigenvalue weighted by molar-refractivity contribution is 0.348. The van der Waals surface area contributed by atoms with E-state index in [1.807, 2.05) is 0 Å². The van der Waals surface area contributed by atoms with Gasteiger partial charge in [-0.15, -0.1) is 11.3 Å². The molecule has 0 unspecified atom stereocenters. The van der Waals surface area contributed by atoms with E-state index in [4.69, 9.17) is 4.98 Å². The molecule has 0 spiro atoms. The summed E-state index contributed by atoms with van der Waals surface area (Å²) in [5, 5.41) is 3.38. The summed E-state index contributed by atoms with van der Waals surface area (Å²) in [4.78, 5) is 10.6. The van der Waals surface area contributed by atoms with E-state index in [0.29, 0.717) is 6.04 Å². The van der Waals surface area contributed by atoms with Gasteiger partial charge in [0.05, 0.1) is 11.4 Å². The van der Waals surface area contributed by atoms with Crippen LogP contribution in [-0.2, 0) is 0 Å². The molecule has 3 aromatic heterocycles.